The Morgan fingerprint density at radius 2 is 2.18 bits per heavy atom. The lowest BCUT2D eigenvalue weighted by molar-refractivity contribution is 0.317. The maximum atomic E-state index is 10.9. The summed E-state index contributed by atoms with van der Waals surface area (Å²) in [6, 6.07) is 6.85. The van der Waals surface area contributed by atoms with Crippen molar-refractivity contribution in [1.82, 2.24) is 0 Å². The fourth-order valence-electron chi connectivity index (χ4n) is 1.24. The molecule has 4 nitrogen and oxygen atoms in total. The summed E-state index contributed by atoms with van der Waals surface area (Å²) in [5, 5.41) is 9.20. The van der Waals surface area contributed by atoms with Crippen LogP contribution in [0.4, 0.5) is 0 Å². The molecule has 0 amide bonds. The van der Waals surface area contributed by atoms with Crippen LogP contribution in [0, 0.1) is 11.3 Å². The Kier molecular flexibility index (Phi) is 4.79. The molecule has 0 atom stereocenters. The minimum atomic E-state index is -2.97. The van der Waals surface area contributed by atoms with E-state index < -0.39 is 9.84 Å². The molecule has 0 N–H and O–H groups in total. The van der Waals surface area contributed by atoms with Gasteiger partial charge in [-0.25, -0.2) is 8.42 Å². The summed E-state index contributed by atoms with van der Waals surface area (Å²) >= 11 is 5.82. The third kappa shape index (κ3) is 4.63. The van der Waals surface area contributed by atoms with Gasteiger partial charge in [-0.3, -0.25) is 0 Å². The van der Waals surface area contributed by atoms with Crippen molar-refractivity contribution in [2.24, 2.45) is 0 Å². The van der Waals surface area contributed by atoms with E-state index >= 15 is 0 Å². The number of nitriles is 1. The molecule has 92 valence electrons. The summed E-state index contributed by atoms with van der Waals surface area (Å²) in [6.07, 6.45) is 1.56. The van der Waals surface area contributed by atoms with Gasteiger partial charge in [-0.05, 0) is 18.6 Å². The van der Waals surface area contributed by atoms with Gasteiger partial charge in [0.05, 0.1) is 17.4 Å². The molecule has 0 bridgehead atoms. The molecule has 0 saturated heterocycles. The molecule has 17 heavy (non-hydrogen) atoms. The van der Waals surface area contributed by atoms with Crippen LogP contribution < -0.4 is 4.74 Å². The van der Waals surface area contributed by atoms with E-state index in [0.717, 1.165) is 0 Å². The van der Waals surface area contributed by atoms with Crippen molar-refractivity contribution in [1.29, 1.82) is 5.26 Å². The van der Waals surface area contributed by atoms with Gasteiger partial charge in [-0.2, -0.15) is 5.26 Å². The van der Waals surface area contributed by atoms with Crippen LogP contribution in [0.3, 0.4) is 0 Å². The molecule has 1 rings (SSSR count). The molecule has 0 fully saturated rings. The van der Waals surface area contributed by atoms with Gasteiger partial charge in [-0.1, -0.05) is 17.7 Å². The molecule has 1 aromatic carbocycles. The van der Waals surface area contributed by atoms with Crippen molar-refractivity contribution in [2.75, 3.05) is 18.6 Å². The minimum Gasteiger partial charge on any atom is -0.492 e. The number of hydrogen-bond donors (Lipinski definition) is 0. The molecular formula is C11H12ClNO3S. The van der Waals surface area contributed by atoms with Gasteiger partial charge in [0.15, 0.2) is 0 Å². The largest absolute Gasteiger partial charge is 0.492 e. The third-order valence-electron chi connectivity index (χ3n) is 2.00. The third-order valence-corrected chi connectivity index (χ3v) is 3.35. The van der Waals surface area contributed by atoms with Crippen molar-refractivity contribution in [3.05, 3.63) is 28.8 Å². The topological polar surface area (TPSA) is 67.2 Å². The standard InChI is InChI=1S/C11H12ClNO3S/c1-17(14,15)7-3-6-16-11-5-2-4-10(12)9(11)8-13/h2,4-5H,3,6-7H2,1H3. The second-order valence-corrected chi connectivity index (χ2v) is 6.22. The Bertz CT molecular complexity index is 534. The van der Waals surface area contributed by atoms with Crippen LogP contribution in [0.1, 0.15) is 12.0 Å². The molecule has 0 heterocycles. The highest BCUT2D eigenvalue weighted by atomic mass is 35.5. The lowest BCUT2D eigenvalue weighted by Gasteiger charge is -2.07. The van der Waals surface area contributed by atoms with E-state index in [1.54, 1.807) is 18.2 Å². The fourth-order valence-corrected chi connectivity index (χ4v) is 2.09. The Balaban J connectivity index is 2.59. The van der Waals surface area contributed by atoms with Gasteiger partial charge in [0.2, 0.25) is 0 Å². The zero-order chi connectivity index (χ0) is 12.9. The van der Waals surface area contributed by atoms with E-state index in [0.29, 0.717) is 17.2 Å². The van der Waals surface area contributed by atoms with Crippen LogP contribution in [0.2, 0.25) is 5.02 Å². The average molecular weight is 274 g/mol. The van der Waals surface area contributed by atoms with Gasteiger partial charge in [0.25, 0.3) is 0 Å². The highest BCUT2D eigenvalue weighted by molar-refractivity contribution is 7.90. The molecule has 0 aliphatic heterocycles. The Labute approximate surface area is 106 Å². The highest BCUT2D eigenvalue weighted by Crippen LogP contribution is 2.25. The number of hydrogen-bond acceptors (Lipinski definition) is 4. The zero-order valence-corrected chi connectivity index (χ0v) is 10.9. The summed E-state index contributed by atoms with van der Waals surface area (Å²) in [4.78, 5) is 0. The van der Waals surface area contributed by atoms with Crippen molar-refractivity contribution in [3.63, 3.8) is 0 Å². The lowest BCUT2D eigenvalue weighted by atomic mass is 10.2. The molecule has 0 aliphatic carbocycles. The van der Waals surface area contributed by atoms with Gasteiger partial charge < -0.3 is 4.74 Å². The van der Waals surface area contributed by atoms with Crippen molar-refractivity contribution < 1.29 is 13.2 Å². The molecule has 0 aliphatic rings. The summed E-state index contributed by atoms with van der Waals surface area (Å²) < 4.78 is 27.1. The molecule has 0 aromatic heterocycles. The minimum absolute atomic E-state index is 0.0649. The van der Waals surface area contributed by atoms with E-state index in [-0.39, 0.29) is 17.9 Å². The van der Waals surface area contributed by atoms with Gasteiger partial charge in [0.1, 0.15) is 27.2 Å². The first kappa shape index (κ1) is 13.8. The van der Waals surface area contributed by atoms with E-state index in [4.69, 9.17) is 21.6 Å². The van der Waals surface area contributed by atoms with Gasteiger partial charge >= 0.3 is 0 Å². The van der Waals surface area contributed by atoms with Gasteiger partial charge in [0, 0.05) is 6.26 Å². The van der Waals surface area contributed by atoms with Crippen molar-refractivity contribution >= 4 is 21.4 Å². The summed E-state index contributed by atoms with van der Waals surface area (Å²) in [5.74, 6) is 0.448. The maximum absolute atomic E-state index is 10.9. The van der Waals surface area contributed by atoms with Crippen LogP contribution >= 0.6 is 11.6 Å². The van der Waals surface area contributed by atoms with E-state index in [2.05, 4.69) is 0 Å². The molecule has 1 aromatic rings. The van der Waals surface area contributed by atoms with Crippen LogP contribution in [0.15, 0.2) is 18.2 Å². The second-order valence-electron chi connectivity index (χ2n) is 3.56. The molecule has 0 saturated carbocycles. The molecule has 0 unspecified atom stereocenters. The number of benzene rings is 1. The normalized spacial score (nSPS) is 10.9. The Morgan fingerprint density at radius 3 is 2.76 bits per heavy atom. The smallest absolute Gasteiger partial charge is 0.147 e. The Morgan fingerprint density at radius 1 is 1.47 bits per heavy atom. The predicted octanol–water partition coefficient (Wildman–Crippen LogP) is 2.03. The summed E-state index contributed by atoms with van der Waals surface area (Å²) in [7, 11) is -2.97. The second kappa shape index (κ2) is 5.89. The summed E-state index contributed by atoms with van der Waals surface area (Å²) in [5.41, 5.74) is 0.272. The first-order valence-electron chi connectivity index (χ1n) is 4.93. The number of rotatable bonds is 5. The average Bonchev–Trinajstić information content (AvgIpc) is 2.23. The van der Waals surface area contributed by atoms with Crippen LogP contribution in [0.25, 0.3) is 0 Å². The number of sulfone groups is 1. The lowest BCUT2D eigenvalue weighted by Crippen LogP contribution is -2.08. The SMILES string of the molecule is CS(=O)(=O)CCCOc1cccc(Cl)c1C#N. The number of nitrogens with zero attached hydrogens (tertiary/aromatic N) is 1. The van der Waals surface area contributed by atoms with Crippen LogP contribution in [-0.2, 0) is 9.84 Å². The first-order chi connectivity index (χ1) is 7.94. The quantitative estimate of drug-likeness (QED) is 0.770. The monoisotopic (exact) mass is 273 g/mol. The Hall–Kier alpha value is -1.25. The van der Waals surface area contributed by atoms with Crippen LogP contribution in [-0.4, -0.2) is 27.0 Å². The first-order valence-corrected chi connectivity index (χ1v) is 7.37. The zero-order valence-electron chi connectivity index (χ0n) is 9.31. The van der Waals surface area contributed by atoms with Crippen molar-refractivity contribution in [2.45, 2.75) is 6.42 Å². The number of ether oxygens (including phenoxy) is 1. The predicted molar refractivity (Wildman–Crippen MR) is 66.0 cm³/mol. The molecule has 0 radical (unpaired) electrons. The molecule has 6 heteroatoms. The van der Waals surface area contributed by atoms with E-state index in [9.17, 15) is 8.42 Å². The van der Waals surface area contributed by atoms with Crippen molar-refractivity contribution in [3.8, 4) is 11.8 Å². The molecule has 0 spiro atoms. The van der Waals surface area contributed by atoms with Gasteiger partial charge in [-0.15, -0.1) is 0 Å². The molecular weight excluding hydrogens is 262 g/mol. The number of halogens is 1. The van der Waals surface area contributed by atoms with E-state index in [1.807, 2.05) is 6.07 Å². The maximum Gasteiger partial charge on any atom is 0.147 e. The fraction of sp³-hybridized carbons (Fsp3) is 0.364. The van der Waals surface area contributed by atoms with Crippen LogP contribution in [0.5, 0.6) is 5.75 Å². The van der Waals surface area contributed by atoms with E-state index in [1.165, 1.54) is 6.26 Å². The highest BCUT2D eigenvalue weighted by Gasteiger charge is 2.08. The summed E-state index contributed by atoms with van der Waals surface area (Å²) in [6.45, 7) is 0.238.